The minimum atomic E-state index is 0.695. The van der Waals surface area contributed by atoms with E-state index in [9.17, 15) is 0 Å². The molecule has 1 fully saturated rings. The Morgan fingerprint density at radius 3 is 3.08 bits per heavy atom. The van der Waals surface area contributed by atoms with Gasteiger partial charge in [0, 0.05) is 30.3 Å². The fourth-order valence-corrected chi connectivity index (χ4v) is 1.91. The maximum Gasteiger partial charge on any atom is 0.125 e. The van der Waals surface area contributed by atoms with Gasteiger partial charge >= 0.3 is 0 Å². The molecule has 1 aliphatic rings. The van der Waals surface area contributed by atoms with Gasteiger partial charge in [-0.2, -0.15) is 11.8 Å². The maximum absolute atomic E-state index is 4.32. The highest BCUT2D eigenvalue weighted by Crippen LogP contribution is 2.17. The summed E-state index contributed by atoms with van der Waals surface area (Å²) in [4.78, 5) is 8.38. The molecule has 13 heavy (non-hydrogen) atoms. The van der Waals surface area contributed by atoms with Gasteiger partial charge in [0.05, 0.1) is 5.69 Å². The molecule has 1 aliphatic heterocycles. The summed E-state index contributed by atoms with van der Waals surface area (Å²) >= 11 is 1.99. The van der Waals surface area contributed by atoms with E-state index in [1.165, 1.54) is 11.5 Å². The van der Waals surface area contributed by atoms with Crippen molar-refractivity contribution < 1.29 is 0 Å². The Hall–Kier alpha value is -0.610. The quantitative estimate of drug-likeness (QED) is 0.780. The fourth-order valence-electron chi connectivity index (χ4n) is 1.21. The molecule has 0 amide bonds. The highest BCUT2D eigenvalue weighted by atomic mass is 32.2. The summed E-state index contributed by atoms with van der Waals surface area (Å²) in [7, 11) is 0. The topological polar surface area (TPSA) is 37.8 Å². The number of thioether (sulfide) groups is 1. The van der Waals surface area contributed by atoms with Crippen LogP contribution >= 0.6 is 11.8 Å². The predicted molar refractivity (Wildman–Crippen MR) is 54.7 cm³/mol. The van der Waals surface area contributed by atoms with E-state index < -0.39 is 0 Å². The summed E-state index contributed by atoms with van der Waals surface area (Å²) in [5, 5.41) is 3.45. The predicted octanol–water partition coefficient (Wildman–Crippen LogP) is 0.990. The van der Waals surface area contributed by atoms with Crippen LogP contribution in [-0.4, -0.2) is 27.5 Å². The summed E-state index contributed by atoms with van der Waals surface area (Å²) in [5.74, 6) is 3.33. The Balaban J connectivity index is 1.86. The van der Waals surface area contributed by atoms with Crippen LogP contribution in [0.4, 0.5) is 0 Å². The zero-order chi connectivity index (χ0) is 9.10. The summed E-state index contributed by atoms with van der Waals surface area (Å²) < 4.78 is 0. The molecule has 0 aliphatic carbocycles. The second kappa shape index (κ2) is 4.07. The smallest absolute Gasteiger partial charge is 0.125 e. The molecule has 1 saturated heterocycles. The monoisotopic (exact) mass is 195 g/mol. The minimum Gasteiger partial charge on any atom is -0.307 e. The molecule has 2 rings (SSSR count). The zero-order valence-electron chi connectivity index (χ0n) is 7.66. The summed E-state index contributed by atoms with van der Waals surface area (Å²) in [6.45, 7) is 2.79. The van der Waals surface area contributed by atoms with Crippen molar-refractivity contribution in [3.8, 4) is 0 Å². The van der Waals surface area contributed by atoms with Crippen LogP contribution in [0, 0.1) is 6.92 Å². The van der Waals surface area contributed by atoms with Crippen LogP contribution in [0.25, 0.3) is 0 Å². The lowest BCUT2D eigenvalue weighted by Crippen LogP contribution is -2.39. The first-order valence-electron chi connectivity index (χ1n) is 4.44. The van der Waals surface area contributed by atoms with E-state index in [2.05, 4.69) is 15.3 Å². The Morgan fingerprint density at radius 1 is 1.62 bits per heavy atom. The van der Waals surface area contributed by atoms with E-state index in [-0.39, 0.29) is 0 Å². The molecule has 1 N–H and O–H groups in total. The van der Waals surface area contributed by atoms with E-state index in [1.54, 1.807) is 0 Å². The van der Waals surface area contributed by atoms with Gasteiger partial charge in [0.1, 0.15) is 5.82 Å². The van der Waals surface area contributed by atoms with Gasteiger partial charge < -0.3 is 5.32 Å². The number of rotatable bonds is 3. The summed E-state index contributed by atoms with van der Waals surface area (Å²) in [5.41, 5.74) is 1.09. The number of aryl methyl sites for hydroxylation is 1. The highest BCUT2D eigenvalue weighted by Gasteiger charge is 2.16. The fraction of sp³-hybridized carbons (Fsp3) is 0.556. The molecule has 0 atom stereocenters. The first-order valence-corrected chi connectivity index (χ1v) is 5.60. The largest absolute Gasteiger partial charge is 0.307 e. The number of hydrogen-bond donors (Lipinski definition) is 1. The Bertz CT molecular complexity index is 286. The first kappa shape index (κ1) is 8.97. The van der Waals surface area contributed by atoms with Gasteiger partial charge in [-0.05, 0) is 13.0 Å². The Kier molecular flexibility index (Phi) is 2.80. The van der Waals surface area contributed by atoms with Gasteiger partial charge in [0.2, 0.25) is 0 Å². The van der Waals surface area contributed by atoms with Gasteiger partial charge in [0.15, 0.2) is 0 Å². The second-order valence-corrected chi connectivity index (χ2v) is 4.29. The molecule has 0 radical (unpaired) electrons. The zero-order valence-corrected chi connectivity index (χ0v) is 8.47. The van der Waals surface area contributed by atoms with Crippen LogP contribution in [-0.2, 0) is 6.54 Å². The Labute approximate surface area is 82.4 Å². The van der Waals surface area contributed by atoms with Crippen LogP contribution in [0.3, 0.4) is 0 Å². The van der Waals surface area contributed by atoms with Gasteiger partial charge in [-0.3, -0.25) is 0 Å². The van der Waals surface area contributed by atoms with Crippen LogP contribution < -0.4 is 5.32 Å². The molecule has 1 aromatic heterocycles. The van der Waals surface area contributed by atoms with Gasteiger partial charge in [0.25, 0.3) is 0 Å². The van der Waals surface area contributed by atoms with E-state index in [0.717, 1.165) is 18.1 Å². The molecule has 1 aromatic rings. The molecule has 0 unspecified atom stereocenters. The van der Waals surface area contributed by atoms with Crippen LogP contribution in [0.1, 0.15) is 11.5 Å². The molecule has 0 aromatic carbocycles. The van der Waals surface area contributed by atoms with Crippen LogP contribution in [0.2, 0.25) is 0 Å². The molecule has 0 saturated carbocycles. The average molecular weight is 195 g/mol. The van der Waals surface area contributed by atoms with E-state index in [1.807, 2.05) is 30.9 Å². The van der Waals surface area contributed by atoms with Crippen molar-refractivity contribution >= 4 is 11.8 Å². The van der Waals surface area contributed by atoms with Crippen molar-refractivity contribution in [1.82, 2.24) is 15.3 Å². The third-order valence-corrected chi connectivity index (χ3v) is 3.32. The standard InChI is InChI=1S/C9H13N3S/c1-7-10-3-2-8(12-7)4-11-9-5-13-6-9/h2-3,9,11H,4-6H2,1H3. The third kappa shape index (κ3) is 2.42. The normalized spacial score (nSPS) is 17.0. The van der Waals surface area contributed by atoms with Crippen LogP contribution in [0.15, 0.2) is 12.3 Å². The van der Waals surface area contributed by atoms with E-state index in [4.69, 9.17) is 0 Å². The molecule has 3 nitrogen and oxygen atoms in total. The molecular formula is C9H13N3S. The number of nitrogens with one attached hydrogen (secondary N) is 1. The molecular weight excluding hydrogens is 182 g/mol. The molecule has 0 bridgehead atoms. The first-order chi connectivity index (χ1) is 6.34. The minimum absolute atomic E-state index is 0.695. The van der Waals surface area contributed by atoms with E-state index in [0.29, 0.717) is 6.04 Å². The lowest BCUT2D eigenvalue weighted by molar-refractivity contribution is 0.574. The van der Waals surface area contributed by atoms with Gasteiger partial charge in [-0.1, -0.05) is 0 Å². The van der Waals surface area contributed by atoms with Crippen molar-refractivity contribution in [2.24, 2.45) is 0 Å². The summed E-state index contributed by atoms with van der Waals surface area (Å²) in [6, 6.07) is 2.66. The molecule has 70 valence electrons. The van der Waals surface area contributed by atoms with Crippen LogP contribution in [0.5, 0.6) is 0 Å². The van der Waals surface area contributed by atoms with Crippen molar-refractivity contribution in [3.63, 3.8) is 0 Å². The van der Waals surface area contributed by atoms with Gasteiger partial charge in [-0.15, -0.1) is 0 Å². The van der Waals surface area contributed by atoms with Crippen molar-refractivity contribution in [1.29, 1.82) is 0 Å². The van der Waals surface area contributed by atoms with E-state index >= 15 is 0 Å². The average Bonchev–Trinajstić information content (AvgIpc) is 2.01. The SMILES string of the molecule is Cc1nccc(CNC2CSC2)n1. The third-order valence-electron chi connectivity index (χ3n) is 2.04. The lowest BCUT2D eigenvalue weighted by atomic mass is 10.3. The molecule has 4 heteroatoms. The van der Waals surface area contributed by atoms with Crippen molar-refractivity contribution in [2.75, 3.05) is 11.5 Å². The molecule has 2 heterocycles. The van der Waals surface area contributed by atoms with Crippen molar-refractivity contribution in [2.45, 2.75) is 19.5 Å². The lowest BCUT2D eigenvalue weighted by Gasteiger charge is -2.25. The number of hydrogen-bond acceptors (Lipinski definition) is 4. The Morgan fingerprint density at radius 2 is 2.46 bits per heavy atom. The number of nitrogens with zero attached hydrogens (tertiary/aromatic N) is 2. The van der Waals surface area contributed by atoms with Crippen molar-refractivity contribution in [3.05, 3.63) is 23.8 Å². The maximum atomic E-state index is 4.32. The number of aromatic nitrogens is 2. The molecule has 0 spiro atoms. The highest BCUT2D eigenvalue weighted by molar-refractivity contribution is 8.00. The van der Waals surface area contributed by atoms with Gasteiger partial charge in [-0.25, -0.2) is 9.97 Å². The summed E-state index contributed by atoms with van der Waals surface area (Å²) in [6.07, 6.45) is 1.81. The second-order valence-electron chi connectivity index (χ2n) is 3.21.